The molecule has 3 aromatic rings. The second-order valence-corrected chi connectivity index (χ2v) is 7.25. The highest BCUT2D eigenvalue weighted by atomic mass is 35.5. The zero-order valence-corrected chi connectivity index (χ0v) is 17.6. The van der Waals surface area contributed by atoms with Crippen LogP contribution in [0.4, 0.5) is 16.3 Å². The number of pyridine rings is 1. The van der Waals surface area contributed by atoms with E-state index in [0.717, 1.165) is 24.0 Å². The maximum Gasteiger partial charge on any atom is 0.411 e. The van der Waals surface area contributed by atoms with Crippen LogP contribution in [0.5, 0.6) is 0 Å². The summed E-state index contributed by atoms with van der Waals surface area (Å²) in [5.41, 5.74) is 8.07. The smallest absolute Gasteiger partial charge is 0.411 e. The summed E-state index contributed by atoms with van der Waals surface area (Å²) >= 11 is 6.14. The van der Waals surface area contributed by atoms with E-state index in [2.05, 4.69) is 15.6 Å². The van der Waals surface area contributed by atoms with Gasteiger partial charge in [0.05, 0.1) is 0 Å². The number of carbonyl (C=O) groups excluding carboxylic acids is 2. The number of ether oxygens (including phenoxy) is 1. The van der Waals surface area contributed by atoms with Crippen LogP contribution in [-0.4, -0.2) is 23.5 Å². The molecule has 0 spiro atoms. The molecule has 0 saturated heterocycles. The van der Waals surface area contributed by atoms with Crippen molar-refractivity contribution in [1.29, 1.82) is 0 Å². The Bertz CT molecular complexity index is 1040. The fourth-order valence-electron chi connectivity index (χ4n) is 2.86. The lowest BCUT2D eigenvalue weighted by Gasteiger charge is -2.10. The second-order valence-electron chi connectivity index (χ2n) is 6.81. The maximum absolute atomic E-state index is 12.7. The summed E-state index contributed by atoms with van der Waals surface area (Å²) in [6.45, 7) is 0.725. The van der Waals surface area contributed by atoms with Crippen LogP contribution in [0.3, 0.4) is 0 Å². The average Bonchev–Trinajstić information content (AvgIpc) is 2.77. The third-order valence-electron chi connectivity index (χ3n) is 4.35. The van der Waals surface area contributed by atoms with Crippen LogP contribution in [0.25, 0.3) is 0 Å². The highest BCUT2D eigenvalue weighted by Crippen LogP contribution is 2.21. The Morgan fingerprint density at radius 2 is 1.81 bits per heavy atom. The Morgan fingerprint density at radius 3 is 2.58 bits per heavy atom. The highest BCUT2D eigenvalue weighted by Gasteiger charge is 2.12. The summed E-state index contributed by atoms with van der Waals surface area (Å²) in [5.74, 6) is 0.0305. The molecule has 0 atom stereocenters. The molecule has 0 aliphatic carbocycles. The summed E-state index contributed by atoms with van der Waals surface area (Å²) in [6, 6.07) is 17.6. The molecule has 4 N–H and O–H groups in total. The Labute approximate surface area is 185 Å². The first-order chi connectivity index (χ1) is 15.0. The molecule has 31 heavy (non-hydrogen) atoms. The summed E-state index contributed by atoms with van der Waals surface area (Å²) in [6.07, 6.45) is 2.64. The number of nitrogens with two attached hydrogens (primary N) is 1. The minimum absolute atomic E-state index is 0.132. The lowest BCUT2D eigenvalue weighted by Crippen LogP contribution is -2.16. The minimum Gasteiger partial charge on any atom is -0.444 e. The summed E-state index contributed by atoms with van der Waals surface area (Å²) < 4.78 is 5.20. The molecular weight excluding hydrogens is 416 g/mol. The quantitative estimate of drug-likeness (QED) is 0.475. The number of benzene rings is 2. The molecule has 3 rings (SSSR count). The number of aryl methyl sites for hydroxylation is 1. The van der Waals surface area contributed by atoms with E-state index < -0.39 is 12.0 Å². The van der Waals surface area contributed by atoms with Gasteiger partial charge in [-0.15, -0.1) is 0 Å². The van der Waals surface area contributed by atoms with Crippen LogP contribution < -0.4 is 16.4 Å². The van der Waals surface area contributed by atoms with Gasteiger partial charge in [-0.1, -0.05) is 41.9 Å². The van der Waals surface area contributed by atoms with Crippen LogP contribution in [0.1, 0.15) is 27.9 Å². The van der Waals surface area contributed by atoms with Crippen molar-refractivity contribution in [2.75, 3.05) is 17.2 Å². The monoisotopic (exact) mass is 438 g/mol. The predicted octanol–water partition coefficient (Wildman–Crippen LogP) is 4.63. The topological polar surface area (TPSA) is 106 Å². The van der Waals surface area contributed by atoms with Crippen molar-refractivity contribution in [3.05, 3.63) is 88.6 Å². The Balaban J connectivity index is 1.63. The molecule has 2 aromatic carbocycles. The second kappa shape index (κ2) is 11.1. The third kappa shape index (κ3) is 7.09. The van der Waals surface area contributed by atoms with Crippen LogP contribution in [0, 0.1) is 0 Å². The molecule has 1 aromatic heterocycles. The van der Waals surface area contributed by atoms with E-state index in [-0.39, 0.29) is 12.2 Å². The van der Waals surface area contributed by atoms with E-state index in [1.807, 2.05) is 36.4 Å². The summed E-state index contributed by atoms with van der Waals surface area (Å²) in [4.78, 5) is 28.9. The zero-order chi connectivity index (χ0) is 22.1. The van der Waals surface area contributed by atoms with Gasteiger partial charge in [0.25, 0.3) is 5.91 Å². The van der Waals surface area contributed by atoms with Gasteiger partial charge in [0.2, 0.25) is 0 Å². The number of anilines is 2. The van der Waals surface area contributed by atoms with Gasteiger partial charge in [0.15, 0.2) is 0 Å². The molecule has 160 valence electrons. The average molecular weight is 439 g/mol. The summed E-state index contributed by atoms with van der Waals surface area (Å²) in [7, 11) is 0. The van der Waals surface area contributed by atoms with Crippen LogP contribution in [0.15, 0.2) is 66.9 Å². The van der Waals surface area contributed by atoms with Crippen molar-refractivity contribution in [2.24, 2.45) is 5.73 Å². The molecule has 0 aliphatic heterocycles. The van der Waals surface area contributed by atoms with Crippen molar-refractivity contribution in [3.63, 3.8) is 0 Å². The number of rotatable bonds is 8. The van der Waals surface area contributed by atoms with Crippen LogP contribution >= 0.6 is 11.6 Å². The molecule has 0 radical (unpaired) electrons. The van der Waals surface area contributed by atoms with Gasteiger partial charge in [-0.25, -0.2) is 9.78 Å². The fraction of sp³-hybridized carbons (Fsp3) is 0.174. The van der Waals surface area contributed by atoms with E-state index in [0.29, 0.717) is 23.1 Å². The van der Waals surface area contributed by atoms with E-state index in [1.54, 1.807) is 12.3 Å². The number of aromatic nitrogens is 1. The van der Waals surface area contributed by atoms with E-state index >= 15 is 0 Å². The van der Waals surface area contributed by atoms with Gasteiger partial charge in [-0.3, -0.25) is 10.1 Å². The fourth-order valence-corrected chi connectivity index (χ4v) is 3.10. The first kappa shape index (κ1) is 22.3. The van der Waals surface area contributed by atoms with Crippen LogP contribution in [-0.2, 0) is 17.8 Å². The number of nitrogens with zero attached hydrogens (tertiary/aromatic N) is 1. The minimum atomic E-state index is -0.647. The van der Waals surface area contributed by atoms with Gasteiger partial charge < -0.3 is 15.8 Å². The van der Waals surface area contributed by atoms with Gasteiger partial charge in [-0.05, 0) is 60.8 Å². The Hall–Kier alpha value is -3.42. The molecule has 2 amide bonds. The molecular formula is C23H23ClN4O3. The molecule has 0 bridgehead atoms. The number of amides is 2. The molecule has 7 nitrogen and oxygen atoms in total. The normalized spacial score (nSPS) is 10.4. The number of hydrogen-bond acceptors (Lipinski definition) is 5. The van der Waals surface area contributed by atoms with Gasteiger partial charge >= 0.3 is 6.09 Å². The molecule has 0 unspecified atom stereocenters. The van der Waals surface area contributed by atoms with E-state index in [4.69, 9.17) is 22.1 Å². The van der Waals surface area contributed by atoms with Crippen molar-refractivity contribution in [2.45, 2.75) is 19.4 Å². The molecule has 8 heteroatoms. The lowest BCUT2D eigenvalue weighted by molar-refractivity contribution is 0.102. The number of carbonyl (C=O) groups is 2. The highest BCUT2D eigenvalue weighted by molar-refractivity contribution is 6.31. The lowest BCUT2D eigenvalue weighted by atomic mass is 10.1. The van der Waals surface area contributed by atoms with Crippen molar-refractivity contribution in [3.8, 4) is 0 Å². The van der Waals surface area contributed by atoms with E-state index in [9.17, 15) is 9.59 Å². The Morgan fingerprint density at radius 1 is 1.00 bits per heavy atom. The number of halogens is 1. The predicted molar refractivity (Wildman–Crippen MR) is 121 cm³/mol. The number of hydrogen-bond donors (Lipinski definition) is 3. The Kier molecular flexibility index (Phi) is 7.98. The van der Waals surface area contributed by atoms with Gasteiger partial charge in [0.1, 0.15) is 12.4 Å². The first-order valence-corrected chi connectivity index (χ1v) is 10.2. The largest absolute Gasteiger partial charge is 0.444 e. The molecule has 0 saturated carbocycles. The van der Waals surface area contributed by atoms with Crippen molar-refractivity contribution >= 4 is 35.1 Å². The zero-order valence-electron chi connectivity index (χ0n) is 16.8. The van der Waals surface area contributed by atoms with Crippen LogP contribution in [0.2, 0.25) is 5.02 Å². The van der Waals surface area contributed by atoms with Gasteiger partial charge in [-0.2, -0.15) is 0 Å². The van der Waals surface area contributed by atoms with Crippen molar-refractivity contribution in [1.82, 2.24) is 4.98 Å². The SMILES string of the molecule is NCCCc1ccnc(NC(=O)c2cc(Cl)cc(NC(=O)OCc3ccccc3)c2)c1. The number of nitrogens with one attached hydrogen (secondary N) is 2. The first-order valence-electron chi connectivity index (χ1n) is 9.78. The van der Waals surface area contributed by atoms with E-state index in [1.165, 1.54) is 18.2 Å². The standard InChI is InChI=1S/C23H23ClN4O3/c24-19-12-18(22(29)28-21-11-16(7-4-9-25)8-10-26-21)13-20(14-19)27-23(30)31-15-17-5-2-1-3-6-17/h1-3,5-6,8,10-14H,4,7,9,15,25H2,(H,27,30)(H,26,28,29). The summed E-state index contributed by atoms with van der Waals surface area (Å²) in [5, 5.41) is 5.64. The molecule has 0 fully saturated rings. The maximum atomic E-state index is 12.7. The van der Waals surface area contributed by atoms with Crippen molar-refractivity contribution < 1.29 is 14.3 Å². The molecule has 1 heterocycles. The van der Waals surface area contributed by atoms with Gasteiger partial charge in [0, 0.05) is 22.5 Å². The molecule has 0 aliphatic rings. The third-order valence-corrected chi connectivity index (χ3v) is 4.57.